The van der Waals surface area contributed by atoms with Crippen molar-refractivity contribution in [1.82, 2.24) is 5.06 Å². The summed E-state index contributed by atoms with van der Waals surface area (Å²) in [7, 11) is -3.83. The zero-order valence-corrected chi connectivity index (χ0v) is 13.2. The van der Waals surface area contributed by atoms with Gasteiger partial charge in [0.2, 0.25) is 5.28 Å². The van der Waals surface area contributed by atoms with Crippen LogP contribution in [-0.4, -0.2) is 34.9 Å². The van der Waals surface area contributed by atoms with Gasteiger partial charge in [-0.15, -0.1) is 10.3 Å². The van der Waals surface area contributed by atoms with Gasteiger partial charge in [0.05, 0.1) is 13.2 Å². The third kappa shape index (κ3) is 2.52. The van der Waals surface area contributed by atoms with Crippen molar-refractivity contribution in [2.24, 2.45) is 0 Å². The number of nitrogens with zero attached hydrogens (tertiary/aromatic N) is 1. The monoisotopic (exact) mass is 292 g/mol. The molecule has 0 aromatic heterocycles. The van der Waals surface area contributed by atoms with E-state index in [2.05, 4.69) is 0 Å². The molecule has 111 valence electrons. The zero-order valence-electron chi connectivity index (χ0n) is 12.3. The molecule has 1 saturated heterocycles. The molecule has 1 unspecified atom stereocenters. The highest BCUT2D eigenvalue weighted by Gasteiger charge is 2.66. The minimum absolute atomic E-state index is 0.126. The molecule has 1 fully saturated rings. The molecule has 6 nitrogen and oxygen atoms in total. The van der Waals surface area contributed by atoms with E-state index in [9.17, 15) is 14.6 Å². The molecule has 0 aromatic carbocycles. The van der Waals surface area contributed by atoms with Crippen molar-refractivity contribution in [1.29, 1.82) is 0 Å². The number of ketones is 1. The first-order valence-corrected chi connectivity index (χ1v) is 8.10. The van der Waals surface area contributed by atoms with E-state index in [0.29, 0.717) is 11.5 Å². The molecule has 1 heterocycles. The van der Waals surface area contributed by atoms with E-state index in [-0.39, 0.29) is 19.6 Å². The Bertz CT molecular complexity index is 388. The predicted octanol–water partition coefficient (Wildman–Crippen LogP) is 2.76. The van der Waals surface area contributed by atoms with Gasteiger partial charge in [0.1, 0.15) is 0 Å². The molecule has 0 spiro atoms. The third-order valence-electron chi connectivity index (χ3n) is 3.59. The Morgan fingerprint density at radius 1 is 1.21 bits per heavy atom. The van der Waals surface area contributed by atoms with Crippen LogP contribution in [0.1, 0.15) is 47.5 Å². The molecule has 0 aromatic rings. The van der Waals surface area contributed by atoms with Crippen molar-refractivity contribution in [2.45, 2.75) is 58.3 Å². The molecule has 1 aliphatic rings. The van der Waals surface area contributed by atoms with E-state index in [0.717, 1.165) is 0 Å². The van der Waals surface area contributed by atoms with Gasteiger partial charge in [0.25, 0.3) is 0 Å². The van der Waals surface area contributed by atoms with Gasteiger partial charge in [-0.25, -0.2) is 0 Å². The van der Waals surface area contributed by atoms with E-state index in [1.54, 1.807) is 27.7 Å². The first kappa shape index (κ1) is 16.8. The number of carbonyl (C=O) groups is 1. The van der Waals surface area contributed by atoms with Crippen LogP contribution in [-0.2, 0) is 23.6 Å². The molecule has 7 heteroatoms. The van der Waals surface area contributed by atoms with Gasteiger partial charge in [0, 0.05) is 5.54 Å². The van der Waals surface area contributed by atoms with Gasteiger partial charge >= 0.3 is 7.60 Å². The Morgan fingerprint density at radius 2 is 1.68 bits per heavy atom. The maximum atomic E-state index is 13.0. The summed E-state index contributed by atoms with van der Waals surface area (Å²) in [5, 5.41) is 11.5. The number of rotatable bonds is 6. The average Bonchev–Trinajstić information content (AvgIpc) is 2.53. The third-order valence-corrected chi connectivity index (χ3v) is 6.41. The van der Waals surface area contributed by atoms with Crippen LogP contribution in [0.15, 0.2) is 0 Å². The Hall–Kier alpha value is -0.260. The lowest BCUT2D eigenvalue weighted by Crippen LogP contribution is -2.53. The van der Waals surface area contributed by atoms with E-state index in [4.69, 9.17) is 9.05 Å². The second kappa shape index (κ2) is 5.62. The summed E-state index contributed by atoms with van der Waals surface area (Å²) in [6.07, 6.45) is 0.663. The summed E-state index contributed by atoms with van der Waals surface area (Å²) >= 11 is 0. The molecule has 0 aliphatic carbocycles. The van der Waals surface area contributed by atoms with Crippen molar-refractivity contribution in [3.8, 4) is 0 Å². The largest absolute Gasteiger partial charge is 0.360 e. The van der Waals surface area contributed by atoms with Crippen LogP contribution in [0, 0.1) is 0 Å². The second-order valence-corrected chi connectivity index (χ2v) is 7.56. The zero-order chi connectivity index (χ0) is 14.9. The molecule has 1 rings (SSSR count). The smallest absolute Gasteiger partial charge is 0.307 e. The van der Waals surface area contributed by atoms with Gasteiger partial charge in [-0.1, -0.05) is 0 Å². The van der Waals surface area contributed by atoms with Crippen molar-refractivity contribution in [3.05, 3.63) is 0 Å². The van der Waals surface area contributed by atoms with Crippen LogP contribution >= 0.6 is 7.60 Å². The van der Waals surface area contributed by atoms with Crippen LogP contribution in [0.3, 0.4) is 0 Å². The maximum Gasteiger partial charge on any atom is 0.360 e. The Kier molecular flexibility index (Phi) is 4.97. The number of hydroxylamine groups is 2. The minimum atomic E-state index is -3.83. The van der Waals surface area contributed by atoms with Crippen LogP contribution in [0.2, 0.25) is 0 Å². The Morgan fingerprint density at radius 3 is 1.95 bits per heavy atom. The molecular weight excluding hydrogens is 269 g/mol. The summed E-state index contributed by atoms with van der Waals surface area (Å²) in [5.41, 5.74) is -0.754. The first-order chi connectivity index (χ1) is 8.68. The number of carbonyl (C=O) groups excluding carboxylic acids is 1. The first-order valence-electron chi connectivity index (χ1n) is 6.55. The van der Waals surface area contributed by atoms with Crippen LogP contribution < -0.4 is 0 Å². The highest BCUT2D eigenvalue weighted by Crippen LogP contribution is 2.67. The molecule has 1 radical (unpaired) electrons. The van der Waals surface area contributed by atoms with E-state index >= 15 is 0 Å². The lowest BCUT2D eigenvalue weighted by atomic mass is 10.0. The van der Waals surface area contributed by atoms with Crippen LogP contribution in [0.4, 0.5) is 0 Å². The molecule has 1 aliphatic heterocycles. The summed E-state index contributed by atoms with van der Waals surface area (Å²) in [5.74, 6) is -0.460. The SMILES string of the molecule is CCOP(=O)(OCC)C1(C(C)=O)CCC(C)(C)N1[O]. The normalized spacial score (nSPS) is 27.7. The quantitative estimate of drug-likeness (QED) is 0.703. The van der Waals surface area contributed by atoms with Crippen molar-refractivity contribution < 1.29 is 23.6 Å². The predicted molar refractivity (Wildman–Crippen MR) is 70.1 cm³/mol. The topological polar surface area (TPSA) is 75.7 Å². The molecular formula is C12H23NO5P. The minimum Gasteiger partial charge on any atom is -0.307 e. The fourth-order valence-electron chi connectivity index (χ4n) is 2.53. The second-order valence-electron chi connectivity index (χ2n) is 5.31. The van der Waals surface area contributed by atoms with Crippen molar-refractivity contribution >= 4 is 13.4 Å². The lowest BCUT2D eigenvalue weighted by molar-refractivity contribution is -0.232. The van der Waals surface area contributed by atoms with Gasteiger partial charge in [-0.05, 0) is 47.5 Å². The number of Topliss-reactive ketones (excluding diaryl/α,β-unsaturated/α-hetero) is 1. The molecule has 1 atom stereocenters. The fourth-order valence-corrected chi connectivity index (χ4v) is 4.98. The van der Waals surface area contributed by atoms with Crippen LogP contribution in [0.25, 0.3) is 0 Å². The molecule has 0 bridgehead atoms. The number of hydrogen-bond donors (Lipinski definition) is 0. The average molecular weight is 292 g/mol. The van der Waals surface area contributed by atoms with Crippen molar-refractivity contribution in [2.75, 3.05) is 13.2 Å². The standard InChI is InChI=1S/C12H23NO5P/c1-6-17-19(16,18-7-2)12(10(3)14)9-8-11(4,5)13(12)15/h6-9H2,1-5H3. The Balaban J connectivity index is 3.34. The van der Waals surface area contributed by atoms with Gasteiger partial charge in [0.15, 0.2) is 5.78 Å². The summed E-state index contributed by atoms with van der Waals surface area (Å²) in [6.45, 7) is 8.31. The summed E-state index contributed by atoms with van der Waals surface area (Å²) < 4.78 is 23.5. The fraction of sp³-hybridized carbons (Fsp3) is 0.917. The lowest BCUT2D eigenvalue weighted by Gasteiger charge is -2.39. The van der Waals surface area contributed by atoms with Gasteiger partial charge < -0.3 is 9.05 Å². The summed E-state index contributed by atoms with van der Waals surface area (Å²) in [6, 6.07) is 0. The maximum absolute atomic E-state index is 13.0. The molecule has 0 saturated carbocycles. The van der Waals surface area contributed by atoms with Gasteiger partial charge in [-0.2, -0.15) is 0 Å². The highest BCUT2D eigenvalue weighted by molar-refractivity contribution is 7.56. The summed E-state index contributed by atoms with van der Waals surface area (Å²) in [4.78, 5) is 12.1. The Labute approximate surface area is 114 Å². The van der Waals surface area contributed by atoms with E-state index < -0.39 is 24.2 Å². The van der Waals surface area contributed by atoms with Crippen LogP contribution in [0.5, 0.6) is 0 Å². The number of hydrogen-bond acceptors (Lipinski definition) is 5. The molecule has 19 heavy (non-hydrogen) atoms. The molecule has 0 N–H and O–H groups in total. The van der Waals surface area contributed by atoms with Crippen molar-refractivity contribution in [3.63, 3.8) is 0 Å². The van der Waals surface area contributed by atoms with E-state index in [1.807, 2.05) is 0 Å². The highest BCUT2D eigenvalue weighted by atomic mass is 31.2. The van der Waals surface area contributed by atoms with Gasteiger partial charge in [-0.3, -0.25) is 9.36 Å². The van der Waals surface area contributed by atoms with E-state index in [1.165, 1.54) is 6.92 Å². The molecule has 0 amide bonds.